The summed E-state index contributed by atoms with van der Waals surface area (Å²) in [7, 11) is 0. The van der Waals surface area contributed by atoms with Gasteiger partial charge in [-0.2, -0.15) is 0 Å². The van der Waals surface area contributed by atoms with Crippen LogP contribution >= 0.6 is 0 Å². The van der Waals surface area contributed by atoms with Crippen molar-refractivity contribution in [1.82, 2.24) is 5.32 Å². The van der Waals surface area contributed by atoms with Crippen LogP contribution in [0.15, 0.2) is 18.2 Å². The van der Waals surface area contributed by atoms with Crippen molar-refractivity contribution in [3.63, 3.8) is 0 Å². The third-order valence-electron chi connectivity index (χ3n) is 4.68. The molecule has 1 aliphatic heterocycles. The molecule has 3 rings (SSSR count). The molecule has 1 aromatic rings. The first-order valence-electron chi connectivity index (χ1n) is 7.66. The average molecular weight is 294 g/mol. The predicted octanol–water partition coefficient (Wildman–Crippen LogP) is 3.21. The molecule has 3 nitrogen and oxygen atoms in total. The average Bonchev–Trinajstić information content (AvgIpc) is 2.50. The SMILES string of the molecule is O=C(Nc1c(F)cccc1F)C1CCC2CCCCC2N1. The van der Waals surface area contributed by atoms with Crippen molar-refractivity contribution >= 4 is 11.6 Å². The maximum atomic E-state index is 13.6. The van der Waals surface area contributed by atoms with Crippen molar-refractivity contribution in [2.45, 2.75) is 50.6 Å². The Hall–Kier alpha value is -1.49. The van der Waals surface area contributed by atoms with Gasteiger partial charge in [-0.25, -0.2) is 8.78 Å². The molecular formula is C16H20F2N2O. The summed E-state index contributed by atoms with van der Waals surface area (Å²) in [6.45, 7) is 0. The van der Waals surface area contributed by atoms with Gasteiger partial charge in [-0.05, 0) is 43.7 Å². The van der Waals surface area contributed by atoms with Gasteiger partial charge < -0.3 is 10.6 Å². The first-order valence-corrected chi connectivity index (χ1v) is 7.66. The summed E-state index contributed by atoms with van der Waals surface area (Å²) in [5.41, 5.74) is -0.352. The van der Waals surface area contributed by atoms with Crippen LogP contribution in [0.5, 0.6) is 0 Å². The second-order valence-corrected chi connectivity index (χ2v) is 6.03. The molecule has 3 unspecified atom stereocenters. The minimum absolute atomic E-state index is 0.344. The summed E-state index contributed by atoms with van der Waals surface area (Å²) in [6.07, 6.45) is 6.49. The fraction of sp³-hybridized carbons (Fsp3) is 0.562. The van der Waals surface area contributed by atoms with Crippen molar-refractivity contribution in [2.24, 2.45) is 5.92 Å². The highest BCUT2D eigenvalue weighted by molar-refractivity contribution is 5.95. The Morgan fingerprint density at radius 1 is 1.10 bits per heavy atom. The second-order valence-electron chi connectivity index (χ2n) is 6.03. The lowest BCUT2D eigenvalue weighted by molar-refractivity contribution is -0.119. The van der Waals surface area contributed by atoms with E-state index in [-0.39, 0.29) is 17.6 Å². The number of anilines is 1. The van der Waals surface area contributed by atoms with Crippen LogP contribution in [-0.2, 0) is 4.79 Å². The van der Waals surface area contributed by atoms with Gasteiger partial charge in [0.05, 0.1) is 6.04 Å². The number of rotatable bonds is 2. The van der Waals surface area contributed by atoms with E-state index in [0.29, 0.717) is 12.0 Å². The van der Waals surface area contributed by atoms with E-state index in [1.807, 2.05) is 0 Å². The molecular weight excluding hydrogens is 274 g/mol. The molecule has 0 radical (unpaired) electrons. The fourth-order valence-electron chi connectivity index (χ4n) is 3.53. The Kier molecular flexibility index (Phi) is 4.19. The number of fused-ring (bicyclic) bond motifs is 1. The van der Waals surface area contributed by atoms with Crippen LogP contribution < -0.4 is 10.6 Å². The second kappa shape index (κ2) is 6.10. The molecule has 1 amide bonds. The number of para-hydroxylation sites is 1. The minimum Gasteiger partial charge on any atom is -0.320 e. The van der Waals surface area contributed by atoms with Gasteiger partial charge in [0.25, 0.3) is 0 Å². The summed E-state index contributed by atoms with van der Waals surface area (Å²) >= 11 is 0. The molecule has 2 N–H and O–H groups in total. The lowest BCUT2D eigenvalue weighted by atomic mass is 9.77. The van der Waals surface area contributed by atoms with E-state index in [1.54, 1.807) is 0 Å². The van der Waals surface area contributed by atoms with Crippen LogP contribution in [0.1, 0.15) is 38.5 Å². The zero-order valence-corrected chi connectivity index (χ0v) is 11.9. The van der Waals surface area contributed by atoms with Crippen molar-refractivity contribution in [1.29, 1.82) is 0 Å². The zero-order valence-electron chi connectivity index (χ0n) is 11.9. The molecule has 0 aromatic heterocycles. The number of amides is 1. The van der Waals surface area contributed by atoms with Gasteiger partial charge in [-0.1, -0.05) is 18.9 Å². The van der Waals surface area contributed by atoms with E-state index >= 15 is 0 Å². The summed E-state index contributed by atoms with van der Waals surface area (Å²) in [5.74, 6) is -1.18. The van der Waals surface area contributed by atoms with Crippen molar-refractivity contribution in [3.8, 4) is 0 Å². The number of carbonyl (C=O) groups excluding carboxylic acids is 1. The molecule has 2 aliphatic rings. The van der Waals surface area contributed by atoms with Crippen LogP contribution in [-0.4, -0.2) is 18.0 Å². The van der Waals surface area contributed by atoms with Crippen molar-refractivity contribution < 1.29 is 13.6 Å². The third kappa shape index (κ3) is 3.07. The molecule has 5 heteroatoms. The van der Waals surface area contributed by atoms with E-state index in [4.69, 9.17) is 0 Å². The van der Waals surface area contributed by atoms with Gasteiger partial charge in [0, 0.05) is 6.04 Å². The zero-order chi connectivity index (χ0) is 14.8. The molecule has 0 bridgehead atoms. The Balaban J connectivity index is 1.66. The molecule has 1 aromatic carbocycles. The molecule has 3 atom stereocenters. The number of nitrogens with one attached hydrogen (secondary N) is 2. The summed E-state index contributed by atoms with van der Waals surface area (Å²) in [6, 6.07) is 3.58. The number of piperidine rings is 1. The number of halogens is 2. The Morgan fingerprint density at radius 2 is 1.81 bits per heavy atom. The Morgan fingerprint density at radius 3 is 2.57 bits per heavy atom. The molecule has 114 valence electrons. The standard InChI is InChI=1S/C16H20F2N2O/c17-11-5-3-6-12(18)15(11)20-16(21)14-9-8-10-4-1-2-7-13(10)19-14/h3,5-6,10,13-14,19H,1-2,4,7-9H2,(H,20,21). The van der Waals surface area contributed by atoms with Crippen LogP contribution in [0.3, 0.4) is 0 Å². The van der Waals surface area contributed by atoms with Gasteiger partial charge >= 0.3 is 0 Å². The van der Waals surface area contributed by atoms with Gasteiger partial charge in [-0.3, -0.25) is 4.79 Å². The highest BCUT2D eigenvalue weighted by atomic mass is 19.1. The van der Waals surface area contributed by atoms with Gasteiger partial charge in [-0.15, -0.1) is 0 Å². The fourth-order valence-corrected chi connectivity index (χ4v) is 3.53. The van der Waals surface area contributed by atoms with Gasteiger partial charge in [0.1, 0.15) is 17.3 Å². The van der Waals surface area contributed by atoms with E-state index in [1.165, 1.54) is 25.3 Å². The molecule has 21 heavy (non-hydrogen) atoms. The summed E-state index contributed by atoms with van der Waals surface area (Å²) in [5, 5.41) is 5.75. The predicted molar refractivity (Wildman–Crippen MR) is 76.9 cm³/mol. The van der Waals surface area contributed by atoms with Crippen molar-refractivity contribution in [2.75, 3.05) is 5.32 Å². The largest absolute Gasteiger partial charge is 0.320 e. The molecule has 2 fully saturated rings. The topological polar surface area (TPSA) is 41.1 Å². The maximum Gasteiger partial charge on any atom is 0.241 e. The van der Waals surface area contributed by atoms with E-state index < -0.39 is 11.6 Å². The maximum absolute atomic E-state index is 13.6. The summed E-state index contributed by atoms with van der Waals surface area (Å²) < 4.78 is 27.1. The number of benzene rings is 1. The van der Waals surface area contributed by atoms with Crippen LogP contribution in [0, 0.1) is 17.6 Å². The van der Waals surface area contributed by atoms with Crippen LogP contribution in [0.2, 0.25) is 0 Å². The van der Waals surface area contributed by atoms with Crippen LogP contribution in [0.4, 0.5) is 14.5 Å². The number of hydrogen-bond donors (Lipinski definition) is 2. The quantitative estimate of drug-likeness (QED) is 0.879. The molecule has 0 spiro atoms. The van der Waals surface area contributed by atoms with Crippen LogP contribution in [0.25, 0.3) is 0 Å². The smallest absolute Gasteiger partial charge is 0.241 e. The van der Waals surface area contributed by atoms with Gasteiger partial charge in [0.2, 0.25) is 5.91 Å². The van der Waals surface area contributed by atoms with E-state index in [2.05, 4.69) is 10.6 Å². The first kappa shape index (κ1) is 14.4. The normalized spacial score (nSPS) is 28.8. The van der Waals surface area contributed by atoms with Gasteiger partial charge in [0.15, 0.2) is 0 Å². The lowest BCUT2D eigenvalue weighted by Gasteiger charge is -2.39. The highest BCUT2D eigenvalue weighted by Crippen LogP contribution is 2.32. The molecule has 1 heterocycles. The van der Waals surface area contributed by atoms with E-state index in [9.17, 15) is 13.6 Å². The monoisotopic (exact) mass is 294 g/mol. The number of hydrogen-bond acceptors (Lipinski definition) is 2. The lowest BCUT2D eigenvalue weighted by Crippen LogP contribution is -2.53. The summed E-state index contributed by atoms with van der Waals surface area (Å²) in [4.78, 5) is 12.2. The molecule has 1 saturated heterocycles. The minimum atomic E-state index is -0.741. The third-order valence-corrected chi connectivity index (χ3v) is 4.68. The molecule has 1 aliphatic carbocycles. The molecule has 1 saturated carbocycles. The van der Waals surface area contributed by atoms with Crippen molar-refractivity contribution in [3.05, 3.63) is 29.8 Å². The first-order chi connectivity index (χ1) is 10.1. The Labute approximate surface area is 123 Å². The Bertz CT molecular complexity index is 515. The number of carbonyl (C=O) groups is 1. The van der Waals surface area contributed by atoms with E-state index in [0.717, 1.165) is 31.4 Å². The highest BCUT2D eigenvalue weighted by Gasteiger charge is 2.34.